The second-order valence-electron chi connectivity index (χ2n) is 4.94. The maximum atomic E-state index is 9.78. The molecule has 4 nitrogen and oxygen atoms in total. The van der Waals surface area contributed by atoms with E-state index in [4.69, 9.17) is 9.47 Å². The highest BCUT2D eigenvalue weighted by molar-refractivity contribution is 5.30. The molecule has 1 aromatic carbocycles. The average molecular weight is 267 g/mol. The quantitative estimate of drug-likeness (QED) is 0.757. The van der Waals surface area contributed by atoms with Crippen LogP contribution in [0.4, 0.5) is 0 Å². The summed E-state index contributed by atoms with van der Waals surface area (Å²) in [6.07, 6.45) is -0.346. The summed E-state index contributed by atoms with van der Waals surface area (Å²) in [5.74, 6) is 0.842. The van der Waals surface area contributed by atoms with Gasteiger partial charge in [0.05, 0.1) is 25.9 Å². The zero-order valence-corrected chi connectivity index (χ0v) is 12.2. The molecule has 1 rings (SSSR count). The van der Waals surface area contributed by atoms with Gasteiger partial charge in [0.2, 0.25) is 0 Å². The Hall–Kier alpha value is -1.10. The van der Waals surface area contributed by atoms with Crippen LogP contribution in [0.5, 0.6) is 5.75 Å². The topological polar surface area (TPSA) is 50.7 Å². The number of methoxy groups -OCH3 is 1. The molecule has 108 valence electrons. The van der Waals surface area contributed by atoms with Crippen LogP contribution in [0.1, 0.15) is 32.4 Å². The first-order chi connectivity index (χ1) is 9.02. The summed E-state index contributed by atoms with van der Waals surface area (Å²) in [6, 6.07) is 8.07. The SMILES string of the molecule is COc1cccc([C@H](C)NCC(O)COC(C)C)c1. The van der Waals surface area contributed by atoms with Gasteiger partial charge < -0.3 is 19.9 Å². The molecule has 0 saturated carbocycles. The smallest absolute Gasteiger partial charge is 0.119 e. The largest absolute Gasteiger partial charge is 0.497 e. The van der Waals surface area contributed by atoms with Crippen molar-refractivity contribution in [3.63, 3.8) is 0 Å². The van der Waals surface area contributed by atoms with E-state index in [1.54, 1.807) is 7.11 Å². The van der Waals surface area contributed by atoms with Gasteiger partial charge in [-0.3, -0.25) is 0 Å². The molecular weight excluding hydrogens is 242 g/mol. The number of nitrogens with one attached hydrogen (secondary N) is 1. The van der Waals surface area contributed by atoms with Crippen LogP contribution in [-0.2, 0) is 4.74 Å². The standard InChI is InChI=1S/C15H25NO3/c1-11(2)19-10-14(17)9-16-12(3)13-6-5-7-15(8-13)18-4/h5-8,11-12,14,16-17H,9-10H2,1-4H3/t12-,14?/m0/s1. The van der Waals surface area contributed by atoms with Gasteiger partial charge in [-0.25, -0.2) is 0 Å². The first kappa shape index (κ1) is 16.0. The van der Waals surface area contributed by atoms with Crippen LogP contribution >= 0.6 is 0 Å². The Morgan fingerprint density at radius 3 is 2.63 bits per heavy atom. The Labute approximate surface area is 115 Å². The fourth-order valence-electron chi connectivity index (χ4n) is 1.70. The highest BCUT2D eigenvalue weighted by Crippen LogP contribution is 2.18. The number of ether oxygens (including phenoxy) is 2. The van der Waals surface area contributed by atoms with Gasteiger partial charge in [0.25, 0.3) is 0 Å². The van der Waals surface area contributed by atoms with Crippen molar-refractivity contribution in [1.82, 2.24) is 5.32 Å². The zero-order chi connectivity index (χ0) is 14.3. The van der Waals surface area contributed by atoms with Crippen LogP contribution in [-0.4, -0.2) is 37.6 Å². The fraction of sp³-hybridized carbons (Fsp3) is 0.600. The molecule has 19 heavy (non-hydrogen) atoms. The molecule has 0 fully saturated rings. The maximum Gasteiger partial charge on any atom is 0.119 e. The molecule has 0 amide bonds. The van der Waals surface area contributed by atoms with E-state index in [1.807, 2.05) is 38.1 Å². The van der Waals surface area contributed by atoms with Crippen molar-refractivity contribution >= 4 is 0 Å². The lowest BCUT2D eigenvalue weighted by molar-refractivity contribution is 0.00560. The van der Waals surface area contributed by atoms with E-state index in [9.17, 15) is 5.11 Å². The van der Waals surface area contributed by atoms with Crippen molar-refractivity contribution in [2.45, 2.75) is 39.0 Å². The van der Waals surface area contributed by atoms with Crippen LogP contribution in [0, 0.1) is 0 Å². The summed E-state index contributed by atoms with van der Waals surface area (Å²) in [6.45, 7) is 6.84. The van der Waals surface area contributed by atoms with Crippen LogP contribution < -0.4 is 10.1 Å². The van der Waals surface area contributed by atoms with Gasteiger partial charge in [-0.15, -0.1) is 0 Å². The van der Waals surface area contributed by atoms with Crippen molar-refractivity contribution in [2.24, 2.45) is 0 Å². The average Bonchev–Trinajstić information content (AvgIpc) is 2.42. The Morgan fingerprint density at radius 1 is 1.26 bits per heavy atom. The van der Waals surface area contributed by atoms with Gasteiger partial charge in [0.15, 0.2) is 0 Å². The summed E-state index contributed by atoms with van der Waals surface area (Å²) in [5.41, 5.74) is 1.14. The van der Waals surface area contributed by atoms with E-state index in [1.165, 1.54) is 0 Å². The summed E-state index contributed by atoms with van der Waals surface area (Å²) in [7, 11) is 1.66. The molecule has 0 aliphatic carbocycles. The first-order valence-electron chi connectivity index (χ1n) is 6.70. The van der Waals surface area contributed by atoms with E-state index < -0.39 is 6.10 Å². The molecule has 0 heterocycles. The van der Waals surface area contributed by atoms with E-state index in [-0.39, 0.29) is 12.1 Å². The third-order valence-corrected chi connectivity index (χ3v) is 2.88. The van der Waals surface area contributed by atoms with E-state index >= 15 is 0 Å². The minimum absolute atomic E-state index is 0.144. The molecule has 0 aromatic heterocycles. The molecule has 0 bridgehead atoms. The fourth-order valence-corrected chi connectivity index (χ4v) is 1.70. The third kappa shape index (κ3) is 6.05. The lowest BCUT2D eigenvalue weighted by Gasteiger charge is -2.19. The Morgan fingerprint density at radius 2 is 2.00 bits per heavy atom. The summed E-state index contributed by atoms with van der Waals surface area (Å²) >= 11 is 0. The number of aliphatic hydroxyl groups excluding tert-OH is 1. The molecule has 0 radical (unpaired) electrons. The van der Waals surface area contributed by atoms with Crippen molar-refractivity contribution in [2.75, 3.05) is 20.3 Å². The van der Waals surface area contributed by atoms with Gasteiger partial charge in [0.1, 0.15) is 5.75 Å². The molecule has 0 aliphatic rings. The van der Waals surface area contributed by atoms with E-state index in [0.29, 0.717) is 13.2 Å². The van der Waals surface area contributed by atoms with Crippen LogP contribution in [0.3, 0.4) is 0 Å². The summed E-state index contributed by atoms with van der Waals surface area (Å²) in [5, 5.41) is 13.1. The molecule has 2 N–H and O–H groups in total. The lowest BCUT2D eigenvalue weighted by atomic mass is 10.1. The number of hydrogen-bond acceptors (Lipinski definition) is 4. The Bertz CT molecular complexity index is 368. The van der Waals surface area contributed by atoms with Gasteiger partial charge in [0, 0.05) is 12.6 Å². The molecule has 4 heteroatoms. The highest BCUT2D eigenvalue weighted by Gasteiger charge is 2.10. The predicted molar refractivity (Wildman–Crippen MR) is 76.5 cm³/mol. The maximum absolute atomic E-state index is 9.78. The molecule has 1 unspecified atom stereocenters. The van der Waals surface area contributed by atoms with Crippen LogP contribution in [0.2, 0.25) is 0 Å². The molecular formula is C15H25NO3. The van der Waals surface area contributed by atoms with Gasteiger partial charge in [-0.2, -0.15) is 0 Å². The van der Waals surface area contributed by atoms with Gasteiger partial charge in [-0.05, 0) is 38.5 Å². The molecule has 0 aliphatic heterocycles. The molecule has 1 aromatic rings. The lowest BCUT2D eigenvalue weighted by Crippen LogP contribution is -2.32. The minimum atomic E-state index is -0.490. The zero-order valence-electron chi connectivity index (χ0n) is 12.2. The monoisotopic (exact) mass is 267 g/mol. The number of aliphatic hydroxyl groups is 1. The third-order valence-electron chi connectivity index (χ3n) is 2.88. The molecule has 2 atom stereocenters. The first-order valence-corrected chi connectivity index (χ1v) is 6.70. The second-order valence-corrected chi connectivity index (χ2v) is 4.94. The molecule has 0 saturated heterocycles. The minimum Gasteiger partial charge on any atom is -0.497 e. The van der Waals surface area contributed by atoms with Crippen molar-refractivity contribution in [3.8, 4) is 5.75 Å². The number of benzene rings is 1. The van der Waals surface area contributed by atoms with Crippen molar-refractivity contribution < 1.29 is 14.6 Å². The van der Waals surface area contributed by atoms with Crippen LogP contribution in [0.25, 0.3) is 0 Å². The predicted octanol–water partition coefficient (Wildman–Crippen LogP) is 2.13. The van der Waals surface area contributed by atoms with Gasteiger partial charge in [-0.1, -0.05) is 12.1 Å². The highest BCUT2D eigenvalue weighted by atomic mass is 16.5. The van der Waals surface area contributed by atoms with E-state index in [0.717, 1.165) is 11.3 Å². The second kappa shape index (κ2) is 8.15. The summed E-state index contributed by atoms with van der Waals surface area (Å²) < 4.78 is 10.6. The van der Waals surface area contributed by atoms with E-state index in [2.05, 4.69) is 12.2 Å². The Balaban J connectivity index is 2.39. The summed E-state index contributed by atoms with van der Waals surface area (Å²) in [4.78, 5) is 0. The molecule has 0 spiro atoms. The number of hydrogen-bond donors (Lipinski definition) is 2. The van der Waals surface area contributed by atoms with Crippen LogP contribution in [0.15, 0.2) is 24.3 Å². The normalized spacial score (nSPS) is 14.4. The number of rotatable bonds is 8. The van der Waals surface area contributed by atoms with Crippen molar-refractivity contribution in [3.05, 3.63) is 29.8 Å². The van der Waals surface area contributed by atoms with Gasteiger partial charge >= 0.3 is 0 Å². The Kier molecular flexibility index (Phi) is 6.84. The van der Waals surface area contributed by atoms with Crippen molar-refractivity contribution in [1.29, 1.82) is 0 Å².